The number of nitrogens with one attached hydrogen (secondary N) is 2. The van der Waals surface area contributed by atoms with Crippen molar-refractivity contribution in [1.29, 1.82) is 0 Å². The van der Waals surface area contributed by atoms with Crippen molar-refractivity contribution < 1.29 is 4.79 Å². The molecular weight excluding hydrogens is 202 g/mol. The summed E-state index contributed by atoms with van der Waals surface area (Å²) in [6, 6.07) is 3.94. The minimum atomic E-state index is -0.0589. The van der Waals surface area contributed by atoms with Gasteiger partial charge >= 0.3 is 0 Å². The van der Waals surface area contributed by atoms with Crippen LogP contribution in [0.5, 0.6) is 0 Å². The van der Waals surface area contributed by atoms with Gasteiger partial charge in [0, 0.05) is 18.5 Å². The predicted molar refractivity (Wildman–Crippen MR) is 63.4 cm³/mol. The molecule has 1 amide bonds. The van der Waals surface area contributed by atoms with Crippen LogP contribution in [0.4, 0.5) is 5.69 Å². The van der Waals surface area contributed by atoms with Crippen LogP contribution in [0.15, 0.2) is 18.3 Å². The predicted octanol–water partition coefficient (Wildman–Crippen LogP) is 1.51. The minimum Gasteiger partial charge on any atom is -0.325 e. The van der Waals surface area contributed by atoms with E-state index in [2.05, 4.69) is 15.6 Å². The Bertz CT molecular complexity index is 355. The SMILES string of the molecule is CC(=O)Nc1ccc(C2CCNCC2)nc1. The molecule has 4 heteroatoms. The lowest BCUT2D eigenvalue weighted by molar-refractivity contribution is -0.114. The summed E-state index contributed by atoms with van der Waals surface area (Å²) in [5.74, 6) is 0.504. The summed E-state index contributed by atoms with van der Waals surface area (Å²) in [5, 5.41) is 6.06. The van der Waals surface area contributed by atoms with Gasteiger partial charge in [-0.15, -0.1) is 0 Å². The lowest BCUT2D eigenvalue weighted by atomic mass is 9.94. The summed E-state index contributed by atoms with van der Waals surface area (Å²) in [7, 11) is 0. The van der Waals surface area contributed by atoms with E-state index in [1.54, 1.807) is 6.20 Å². The number of carbonyl (C=O) groups is 1. The molecule has 1 aromatic rings. The van der Waals surface area contributed by atoms with E-state index >= 15 is 0 Å². The molecule has 2 heterocycles. The quantitative estimate of drug-likeness (QED) is 0.792. The largest absolute Gasteiger partial charge is 0.325 e. The van der Waals surface area contributed by atoms with Crippen LogP contribution in [0.25, 0.3) is 0 Å². The van der Waals surface area contributed by atoms with Crippen molar-refractivity contribution in [3.05, 3.63) is 24.0 Å². The molecule has 0 atom stereocenters. The number of amides is 1. The Morgan fingerprint density at radius 1 is 1.44 bits per heavy atom. The maximum Gasteiger partial charge on any atom is 0.221 e. The number of hydrogen-bond acceptors (Lipinski definition) is 3. The van der Waals surface area contributed by atoms with Gasteiger partial charge in [-0.1, -0.05) is 0 Å². The average molecular weight is 219 g/mol. The standard InChI is InChI=1S/C12H17N3O/c1-9(16)15-11-2-3-12(14-8-11)10-4-6-13-7-5-10/h2-3,8,10,13H,4-7H2,1H3,(H,15,16). The lowest BCUT2D eigenvalue weighted by Crippen LogP contribution is -2.27. The zero-order valence-electron chi connectivity index (χ0n) is 9.49. The highest BCUT2D eigenvalue weighted by Gasteiger charge is 2.15. The zero-order chi connectivity index (χ0) is 11.4. The summed E-state index contributed by atoms with van der Waals surface area (Å²) in [6.07, 6.45) is 4.03. The maximum absolute atomic E-state index is 10.9. The normalized spacial score (nSPS) is 17.1. The van der Waals surface area contributed by atoms with Crippen LogP contribution in [0, 0.1) is 0 Å². The molecule has 1 fully saturated rings. The molecule has 4 nitrogen and oxygen atoms in total. The Kier molecular flexibility index (Phi) is 3.51. The zero-order valence-corrected chi connectivity index (χ0v) is 9.49. The topological polar surface area (TPSA) is 54.0 Å². The number of piperidine rings is 1. The average Bonchev–Trinajstić information content (AvgIpc) is 2.30. The molecule has 0 unspecified atom stereocenters. The fourth-order valence-electron chi connectivity index (χ4n) is 2.04. The van der Waals surface area contributed by atoms with Crippen molar-refractivity contribution in [1.82, 2.24) is 10.3 Å². The van der Waals surface area contributed by atoms with Crippen molar-refractivity contribution >= 4 is 11.6 Å². The van der Waals surface area contributed by atoms with Gasteiger partial charge in [0.15, 0.2) is 0 Å². The molecule has 0 aliphatic carbocycles. The first kappa shape index (κ1) is 11.1. The first-order valence-corrected chi connectivity index (χ1v) is 5.70. The highest BCUT2D eigenvalue weighted by molar-refractivity contribution is 5.88. The van der Waals surface area contributed by atoms with Crippen LogP contribution in [-0.4, -0.2) is 24.0 Å². The van der Waals surface area contributed by atoms with Gasteiger partial charge in [-0.05, 0) is 38.1 Å². The van der Waals surface area contributed by atoms with Gasteiger partial charge in [0.2, 0.25) is 5.91 Å². The summed E-state index contributed by atoms with van der Waals surface area (Å²) in [5.41, 5.74) is 1.90. The minimum absolute atomic E-state index is 0.0589. The van der Waals surface area contributed by atoms with Crippen LogP contribution in [0.3, 0.4) is 0 Å². The Balaban J connectivity index is 2.03. The number of pyridine rings is 1. The molecule has 0 spiro atoms. The van der Waals surface area contributed by atoms with Crippen molar-refractivity contribution in [3.63, 3.8) is 0 Å². The van der Waals surface area contributed by atoms with Gasteiger partial charge in [-0.3, -0.25) is 9.78 Å². The fourth-order valence-corrected chi connectivity index (χ4v) is 2.04. The number of nitrogens with zero attached hydrogens (tertiary/aromatic N) is 1. The van der Waals surface area contributed by atoms with Crippen LogP contribution < -0.4 is 10.6 Å². The number of carbonyl (C=O) groups excluding carboxylic acids is 1. The van der Waals surface area contributed by atoms with Gasteiger partial charge in [-0.25, -0.2) is 0 Å². The Labute approximate surface area is 95.5 Å². The second kappa shape index (κ2) is 5.07. The Hall–Kier alpha value is -1.42. The van der Waals surface area contributed by atoms with Gasteiger partial charge in [0.05, 0.1) is 11.9 Å². The molecule has 1 aliphatic heterocycles. The van der Waals surface area contributed by atoms with E-state index in [4.69, 9.17) is 0 Å². The van der Waals surface area contributed by atoms with Crippen LogP contribution in [0.2, 0.25) is 0 Å². The third kappa shape index (κ3) is 2.79. The van der Waals surface area contributed by atoms with Crippen molar-refractivity contribution in [3.8, 4) is 0 Å². The van der Waals surface area contributed by atoms with E-state index in [0.29, 0.717) is 5.92 Å². The number of hydrogen-bond donors (Lipinski definition) is 2. The van der Waals surface area contributed by atoms with E-state index in [1.165, 1.54) is 6.92 Å². The van der Waals surface area contributed by atoms with E-state index in [9.17, 15) is 4.79 Å². The van der Waals surface area contributed by atoms with Gasteiger partial charge in [0.25, 0.3) is 0 Å². The van der Waals surface area contributed by atoms with E-state index in [1.807, 2.05) is 12.1 Å². The number of anilines is 1. The third-order valence-corrected chi connectivity index (χ3v) is 2.86. The number of aromatic nitrogens is 1. The molecule has 0 saturated carbocycles. The van der Waals surface area contributed by atoms with Crippen molar-refractivity contribution in [2.24, 2.45) is 0 Å². The van der Waals surface area contributed by atoms with Gasteiger partial charge in [-0.2, -0.15) is 0 Å². The van der Waals surface area contributed by atoms with Crippen molar-refractivity contribution in [2.45, 2.75) is 25.7 Å². The first-order valence-electron chi connectivity index (χ1n) is 5.70. The summed E-state index contributed by atoms with van der Waals surface area (Å²) in [6.45, 7) is 3.64. The summed E-state index contributed by atoms with van der Waals surface area (Å²) >= 11 is 0. The van der Waals surface area contributed by atoms with Crippen molar-refractivity contribution in [2.75, 3.05) is 18.4 Å². The molecule has 86 valence electrons. The molecule has 0 bridgehead atoms. The van der Waals surface area contributed by atoms with E-state index < -0.39 is 0 Å². The van der Waals surface area contributed by atoms with Crippen LogP contribution in [0.1, 0.15) is 31.4 Å². The molecule has 1 aliphatic rings. The van der Waals surface area contributed by atoms with E-state index in [-0.39, 0.29) is 5.91 Å². The molecule has 0 radical (unpaired) electrons. The highest BCUT2D eigenvalue weighted by atomic mass is 16.1. The summed E-state index contributed by atoms with van der Waals surface area (Å²) in [4.78, 5) is 15.3. The molecule has 1 saturated heterocycles. The Morgan fingerprint density at radius 2 is 2.19 bits per heavy atom. The Morgan fingerprint density at radius 3 is 2.75 bits per heavy atom. The maximum atomic E-state index is 10.9. The molecular formula is C12H17N3O. The lowest BCUT2D eigenvalue weighted by Gasteiger charge is -2.22. The molecule has 2 N–H and O–H groups in total. The molecule has 2 rings (SSSR count). The van der Waals surface area contributed by atoms with Gasteiger partial charge < -0.3 is 10.6 Å². The fraction of sp³-hybridized carbons (Fsp3) is 0.500. The van der Waals surface area contributed by atoms with E-state index in [0.717, 1.165) is 37.3 Å². The van der Waals surface area contributed by atoms with Crippen LogP contribution in [-0.2, 0) is 4.79 Å². The third-order valence-electron chi connectivity index (χ3n) is 2.86. The molecule has 1 aromatic heterocycles. The smallest absolute Gasteiger partial charge is 0.221 e. The highest BCUT2D eigenvalue weighted by Crippen LogP contribution is 2.23. The summed E-state index contributed by atoms with van der Waals surface area (Å²) < 4.78 is 0. The monoisotopic (exact) mass is 219 g/mol. The second-order valence-electron chi connectivity index (χ2n) is 4.18. The van der Waals surface area contributed by atoms with Gasteiger partial charge in [0.1, 0.15) is 0 Å². The molecule has 0 aromatic carbocycles. The molecule has 16 heavy (non-hydrogen) atoms. The van der Waals surface area contributed by atoms with Crippen LogP contribution >= 0.6 is 0 Å². The number of rotatable bonds is 2. The first-order chi connectivity index (χ1) is 7.75. The second-order valence-corrected chi connectivity index (χ2v) is 4.18.